The summed E-state index contributed by atoms with van der Waals surface area (Å²) in [4.78, 5) is 0. The molecule has 0 saturated heterocycles. The molecule has 72 valence electrons. The average molecular weight is 177 g/mol. The summed E-state index contributed by atoms with van der Waals surface area (Å²) in [5, 5.41) is 0. The normalized spacial score (nSPS) is 37.8. The fraction of sp³-hybridized carbons (Fsp3) is 0.750. The molecule has 2 aliphatic carbocycles. The molecule has 2 aliphatic rings. The van der Waals surface area contributed by atoms with Gasteiger partial charge in [-0.25, -0.2) is 0 Å². The number of fused-ring (bicyclic) bond motifs is 1. The molecule has 1 nitrogen and oxygen atoms in total. The lowest BCUT2D eigenvalue weighted by Crippen LogP contribution is -2.43. The van der Waals surface area contributed by atoms with Crippen molar-refractivity contribution >= 4 is 0 Å². The Morgan fingerprint density at radius 1 is 1.54 bits per heavy atom. The molecule has 1 saturated carbocycles. The van der Waals surface area contributed by atoms with Crippen molar-refractivity contribution in [3.8, 4) is 0 Å². The Balaban J connectivity index is 2.12. The summed E-state index contributed by atoms with van der Waals surface area (Å²) in [5.41, 5.74) is 11.1. The van der Waals surface area contributed by atoms with Crippen molar-refractivity contribution in [3.05, 3.63) is 17.4 Å². The van der Waals surface area contributed by atoms with Crippen LogP contribution in [0.25, 0.3) is 0 Å². The van der Waals surface area contributed by atoms with Crippen LogP contribution in [0.2, 0.25) is 0 Å². The molecular formula is C12H19N. The quantitative estimate of drug-likeness (QED) is 0.612. The first-order chi connectivity index (χ1) is 6.20. The van der Waals surface area contributed by atoms with Gasteiger partial charge in [-0.2, -0.15) is 0 Å². The first-order valence-electron chi connectivity index (χ1n) is 5.39. The maximum Gasteiger partial charge on any atom is 0.0145 e. The molecule has 0 aromatic heterocycles. The number of hydrogen-bond acceptors (Lipinski definition) is 1. The van der Waals surface area contributed by atoms with Crippen molar-refractivity contribution in [2.45, 2.75) is 39.2 Å². The van der Waals surface area contributed by atoms with Crippen LogP contribution in [-0.2, 0) is 0 Å². The van der Waals surface area contributed by atoms with E-state index in [4.69, 9.17) is 5.73 Å². The van der Waals surface area contributed by atoms with Gasteiger partial charge in [0.15, 0.2) is 0 Å². The summed E-state index contributed by atoms with van der Waals surface area (Å²) in [5.74, 6) is 2.08. The van der Waals surface area contributed by atoms with E-state index in [0.717, 1.165) is 18.3 Å². The summed E-state index contributed by atoms with van der Waals surface area (Å²) in [6.07, 6.45) is 5.81. The summed E-state index contributed by atoms with van der Waals surface area (Å²) in [6.45, 7) is 4.59. The van der Waals surface area contributed by atoms with Crippen molar-refractivity contribution in [1.29, 1.82) is 0 Å². The van der Waals surface area contributed by atoms with E-state index >= 15 is 0 Å². The second-order valence-corrected chi connectivity index (χ2v) is 4.74. The molecular weight excluding hydrogens is 158 g/mol. The van der Waals surface area contributed by atoms with Gasteiger partial charge in [-0.15, -0.1) is 5.73 Å². The van der Waals surface area contributed by atoms with Crippen LogP contribution in [-0.4, -0.2) is 6.04 Å². The van der Waals surface area contributed by atoms with Crippen LogP contribution >= 0.6 is 0 Å². The second kappa shape index (κ2) is 3.32. The van der Waals surface area contributed by atoms with Crippen molar-refractivity contribution in [2.24, 2.45) is 23.5 Å². The molecule has 3 atom stereocenters. The molecule has 0 aliphatic heterocycles. The average Bonchev–Trinajstić information content (AvgIpc) is 2.52. The van der Waals surface area contributed by atoms with Gasteiger partial charge in [0.1, 0.15) is 0 Å². The molecule has 1 unspecified atom stereocenters. The Labute approximate surface area is 80.7 Å². The first kappa shape index (κ1) is 9.05. The van der Waals surface area contributed by atoms with Gasteiger partial charge in [0.05, 0.1) is 0 Å². The zero-order chi connectivity index (χ0) is 9.42. The summed E-state index contributed by atoms with van der Waals surface area (Å²) >= 11 is 0. The van der Waals surface area contributed by atoms with E-state index in [0.29, 0.717) is 12.0 Å². The lowest BCUT2D eigenvalue weighted by atomic mass is 9.71. The van der Waals surface area contributed by atoms with E-state index in [1.807, 2.05) is 0 Å². The summed E-state index contributed by atoms with van der Waals surface area (Å²) < 4.78 is 0. The highest BCUT2D eigenvalue weighted by molar-refractivity contribution is 5.20. The number of nitrogens with two attached hydrogens (primary N) is 1. The zero-order valence-electron chi connectivity index (χ0n) is 8.59. The van der Waals surface area contributed by atoms with Gasteiger partial charge in [-0.05, 0) is 42.7 Å². The predicted octanol–water partition coefficient (Wildman–Crippen LogP) is 2.48. The third-order valence-corrected chi connectivity index (χ3v) is 3.67. The van der Waals surface area contributed by atoms with Gasteiger partial charge in [-0.1, -0.05) is 13.8 Å². The second-order valence-electron chi connectivity index (χ2n) is 4.74. The van der Waals surface area contributed by atoms with Crippen LogP contribution in [0.1, 0.15) is 33.1 Å². The Hall–Kier alpha value is -0.520. The maximum absolute atomic E-state index is 6.28. The fourth-order valence-corrected chi connectivity index (χ4v) is 2.80. The Morgan fingerprint density at radius 3 is 3.00 bits per heavy atom. The van der Waals surface area contributed by atoms with E-state index in [9.17, 15) is 0 Å². The Bertz CT molecular complexity index is 258. The van der Waals surface area contributed by atoms with Gasteiger partial charge < -0.3 is 5.73 Å². The van der Waals surface area contributed by atoms with E-state index in [1.165, 1.54) is 18.4 Å². The third kappa shape index (κ3) is 1.47. The van der Waals surface area contributed by atoms with Crippen molar-refractivity contribution in [3.63, 3.8) is 0 Å². The number of hydrogen-bond donors (Lipinski definition) is 1. The number of rotatable bonds is 1. The molecule has 0 aromatic carbocycles. The van der Waals surface area contributed by atoms with Gasteiger partial charge in [-0.3, -0.25) is 0 Å². The minimum Gasteiger partial charge on any atom is -0.327 e. The highest BCUT2D eigenvalue weighted by atomic mass is 14.7. The molecule has 0 amide bonds. The smallest absolute Gasteiger partial charge is 0.0145 e. The van der Waals surface area contributed by atoms with Crippen molar-refractivity contribution < 1.29 is 0 Å². The summed E-state index contributed by atoms with van der Waals surface area (Å²) in [7, 11) is 0. The van der Waals surface area contributed by atoms with E-state index in [-0.39, 0.29) is 0 Å². The minimum atomic E-state index is 0.384. The molecule has 0 spiro atoms. The Kier molecular flexibility index (Phi) is 2.31. The molecule has 1 fully saturated rings. The van der Waals surface area contributed by atoms with Crippen LogP contribution in [0, 0.1) is 17.8 Å². The van der Waals surface area contributed by atoms with Gasteiger partial charge in [0, 0.05) is 12.0 Å². The van der Waals surface area contributed by atoms with Crippen LogP contribution in [0.3, 0.4) is 0 Å². The monoisotopic (exact) mass is 177 g/mol. The van der Waals surface area contributed by atoms with Crippen molar-refractivity contribution in [2.75, 3.05) is 0 Å². The predicted molar refractivity (Wildman–Crippen MR) is 55.2 cm³/mol. The zero-order valence-corrected chi connectivity index (χ0v) is 8.59. The first-order valence-corrected chi connectivity index (χ1v) is 5.39. The highest BCUT2D eigenvalue weighted by Crippen LogP contribution is 2.39. The standard InChI is InChI=1S/C12H19N/c1-8(2)10-7-6-9-4-3-5-11(9)12(10)13/h3,8,10-12H,5-7,13H2,1-2H3/t10?,11-,12+/m0/s1. The highest BCUT2D eigenvalue weighted by Gasteiger charge is 2.35. The molecule has 0 bridgehead atoms. The lowest BCUT2D eigenvalue weighted by Gasteiger charge is -2.37. The SMILES string of the molecule is CC(C)C1CCC2=C=CC[C@@H]2[C@@H]1N. The molecule has 0 heterocycles. The molecule has 13 heavy (non-hydrogen) atoms. The van der Waals surface area contributed by atoms with Crippen LogP contribution in [0.4, 0.5) is 0 Å². The van der Waals surface area contributed by atoms with Gasteiger partial charge in [0.25, 0.3) is 0 Å². The lowest BCUT2D eigenvalue weighted by molar-refractivity contribution is 0.222. The van der Waals surface area contributed by atoms with Crippen LogP contribution in [0.5, 0.6) is 0 Å². The third-order valence-electron chi connectivity index (χ3n) is 3.67. The van der Waals surface area contributed by atoms with Crippen molar-refractivity contribution in [1.82, 2.24) is 0 Å². The topological polar surface area (TPSA) is 26.0 Å². The van der Waals surface area contributed by atoms with E-state index < -0.39 is 0 Å². The molecule has 1 heteroatoms. The van der Waals surface area contributed by atoms with Gasteiger partial charge >= 0.3 is 0 Å². The fourth-order valence-electron chi connectivity index (χ4n) is 2.80. The largest absolute Gasteiger partial charge is 0.327 e. The van der Waals surface area contributed by atoms with Crippen LogP contribution < -0.4 is 5.73 Å². The molecule has 2 N–H and O–H groups in total. The van der Waals surface area contributed by atoms with E-state index in [1.54, 1.807) is 0 Å². The van der Waals surface area contributed by atoms with Crippen LogP contribution in [0.15, 0.2) is 17.4 Å². The van der Waals surface area contributed by atoms with E-state index in [2.05, 4.69) is 25.7 Å². The molecule has 0 aromatic rings. The molecule has 0 radical (unpaired) electrons. The van der Waals surface area contributed by atoms with Gasteiger partial charge in [0.2, 0.25) is 0 Å². The summed E-state index contributed by atoms with van der Waals surface area (Å²) in [6, 6.07) is 0.384. The minimum absolute atomic E-state index is 0.384. The maximum atomic E-state index is 6.28. The Morgan fingerprint density at radius 2 is 2.31 bits per heavy atom. The molecule has 2 rings (SSSR count).